The smallest absolute Gasteiger partial charge is 0.312 e. The first-order chi connectivity index (χ1) is 14.5. The van der Waals surface area contributed by atoms with E-state index in [1.165, 1.54) is 12.0 Å². The molecule has 2 heterocycles. The third-order valence-electron chi connectivity index (χ3n) is 5.35. The fraction of sp³-hybridized carbons (Fsp3) is 0.261. The summed E-state index contributed by atoms with van der Waals surface area (Å²) >= 11 is 0. The number of Topliss-reactive ketones (excluding diaryl/α,β-unsaturated/α-hetero) is 1. The van der Waals surface area contributed by atoms with Crippen LogP contribution in [0.25, 0.3) is 10.9 Å². The van der Waals surface area contributed by atoms with Gasteiger partial charge in [0, 0.05) is 35.6 Å². The molecule has 2 atom stereocenters. The number of nitrogens with one attached hydrogen (secondary N) is 1. The van der Waals surface area contributed by atoms with E-state index in [-0.39, 0.29) is 24.7 Å². The first-order valence-corrected chi connectivity index (χ1v) is 9.73. The summed E-state index contributed by atoms with van der Waals surface area (Å²) in [5, 5.41) is 0.781. The lowest BCUT2D eigenvalue weighted by molar-refractivity contribution is -0.151. The van der Waals surface area contributed by atoms with Gasteiger partial charge in [0.2, 0.25) is 11.7 Å². The molecule has 1 amide bonds. The lowest BCUT2D eigenvalue weighted by atomic mass is 10.1. The number of ether oxygens (including phenoxy) is 2. The molecule has 0 radical (unpaired) electrons. The summed E-state index contributed by atoms with van der Waals surface area (Å²) in [5.41, 5.74) is 1.93. The summed E-state index contributed by atoms with van der Waals surface area (Å²) in [6.07, 6.45) is 0.706. The van der Waals surface area contributed by atoms with Crippen molar-refractivity contribution in [2.45, 2.75) is 19.4 Å². The third-order valence-corrected chi connectivity index (χ3v) is 5.35. The van der Waals surface area contributed by atoms with Crippen LogP contribution >= 0.6 is 0 Å². The average molecular weight is 406 g/mol. The van der Waals surface area contributed by atoms with E-state index in [0.717, 1.165) is 10.9 Å². The summed E-state index contributed by atoms with van der Waals surface area (Å²) in [5.74, 6) is -1.10. The quantitative estimate of drug-likeness (QED) is 0.501. The molecule has 7 nitrogen and oxygen atoms in total. The van der Waals surface area contributed by atoms with Crippen LogP contribution in [0.1, 0.15) is 23.7 Å². The molecule has 0 bridgehead atoms. The molecule has 0 saturated carbocycles. The van der Waals surface area contributed by atoms with Crippen LogP contribution < -0.4 is 9.64 Å². The Bertz CT molecular complexity index is 1120. The Kier molecular flexibility index (Phi) is 5.27. The predicted molar refractivity (Wildman–Crippen MR) is 112 cm³/mol. The maximum Gasteiger partial charge on any atom is 0.312 e. The number of nitrogens with zero attached hydrogens (tertiary/aromatic N) is 1. The molecule has 1 aliphatic heterocycles. The number of aromatic nitrogens is 1. The van der Waals surface area contributed by atoms with Crippen LogP contribution in [0.15, 0.2) is 54.7 Å². The van der Waals surface area contributed by atoms with Crippen LogP contribution in [-0.2, 0) is 14.3 Å². The fourth-order valence-corrected chi connectivity index (χ4v) is 3.77. The van der Waals surface area contributed by atoms with E-state index in [1.54, 1.807) is 31.3 Å². The molecule has 7 heteroatoms. The van der Waals surface area contributed by atoms with Crippen LogP contribution in [0.3, 0.4) is 0 Å². The van der Waals surface area contributed by atoms with Gasteiger partial charge in [-0.05, 0) is 25.1 Å². The van der Waals surface area contributed by atoms with Crippen molar-refractivity contribution in [3.05, 3.63) is 60.3 Å². The van der Waals surface area contributed by atoms with E-state index < -0.39 is 18.0 Å². The van der Waals surface area contributed by atoms with Crippen molar-refractivity contribution < 1.29 is 23.9 Å². The SMILES string of the molecule is COc1ccccc1N1C[C@H](C(=O)O[C@H](C)C(=O)c2c[nH]c3ccccc23)CC1=O. The highest BCUT2D eigenvalue weighted by Crippen LogP contribution is 2.33. The Morgan fingerprint density at radius 3 is 2.67 bits per heavy atom. The number of carbonyl (C=O) groups is 3. The number of amides is 1. The highest BCUT2D eigenvalue weighted by Gasteiger charge is 2.38. The van der Waals surface area contributed by atoms with Crippen molar-refractivity contribution in [2.24, 2.45) is 5.92 Å². The number of hydrogen-bond acceptors (Lipinski definition) is 5. The minimum atomic E-state index is -0.952. The molecular formula is C23H22N2O5. The number of carbonyl (C=O) groups excluding carboxylic acids is 3. The molecule has 2 aromatic carbocycles. The number of aromatic amines is 1. The summed E-state index contributed by atoms with van der Waals surface area (Å²) in [6, 6.07) is 14.6. The maximum atomic E-state index is 12.8. The molecule has 3 aromatic rings. The number of ketones is 1. The van der Waals surface area contributed by atoms with Crippen LogP contribution in [0.2, 0.25) is 0 Å². The van der Waals surface area contributed by atoms with E-state index in [0.29, 0.717) is 17.0 Å². The molecule has 30 heavy (non-hydrogen) atoms. The van der Waals surface area contributed by atoms with Gasteiger partial charge >= 0.3 is 5.97 Å². The number of anilines is 1. The molecule has 1 fully saturated rings. The lowest BCUT2D eigenvalue weighted by Gasteiger charge is -2.19. The molecule has 0 aliphatic carbocycles. The number of para-hydroxylation sites is 3. The molecule has 154 valence electrons. The average Bonchev–Trinajstić information content (AvgIpc) is 3.36. The minimum Gasteiger partial charge on any atom is -0.495 e. The van der Waals surface area contributed by atoms with E-state index in [4.69, 9.17) is 9.47 Å². The van der Waals surface area contributed by atoms with Crippen molar-refractivity contribution in [1.82, 2.24) is 4.98 Å². The lowest BCUT2D eigenvalue weighted by Crippen LogP contribution is -2.30. The zero-order chi connectivity index (χ0) is 21.3. The second kappa shape index (κ2) is 8.02. The van der Waals surface area contributed by atoms with E-state index >= 15 is 0 Å². The number of hydrogen-bond donors (Lipinski definition) is 1. The molecule has 1 aliphatic rings. The van der Waals surface area contributed by atoms with Gasteiger partial charge in [0.1, 0.15) is 5.75 Å². The van der Waals surface area contributed by atoms with Crippen molar-refractivity contribution in [3.8, 4) is 5.75 Å². The number of methoxy groups -OCH3 is 1. The first-order valence-electron chi connectivity index (χ1n) is 9.73. The normalized spacial score (nSPS) is 17.2. The second-order valence-corrected chi connectivity index (χ2v) is 7.27. The van der Waals surface area contributed by atoms with Gasteiger partial charge in [-0.3, -0.25) is 14.4 Å². The molecular weight excluding hydrogens is 384 g/mol. The Hall–Kier alpha value is -3.61. The van der Waals surface area contributed by atoms with Gasteiger partial charge in [-0.15, -0.1) is 0 Å². The minimum absolute atomic E-state index is 0.0326. The molecule has 0 unspecified atom stereocenters. The zero-order valence-corrected chi connectivity index (χ0v) is 16.8. The number of fused-ring (bicyclic) bond motifs is 1. The van der Waals surface area contributed by atoms with E-state index in [1.807, 2.05) is 30.3 Å². The molecule has 4 rings (SSSR count). The number of benzene rings is 2. The van der Waals surface area contributed by atoms with Gasteiger partial charge in [-0.1, -0.05) is 30.3 Å². The number of rotatable bonds is 6. The third kappa shape index (κ3) is 3.54. The summed E-state index contributed by atoms with van der Waals surface area (Å²) < 4.78 is 10.8. The number of esters is 1. The first kappa shape index (κ1) is 19.7. The maximum absolute atomic E-state index is 12.8. The molecule has 1 saturated heterocycles. The largest absolute Gasteiger partial charge is 0.495 e. The Labute approximate surface area is 173 Å². The highest BCUT2D eigenvalue weighted by molar-refractivity contribution is 6.10. The van der Waals surface area contributed by atoms with Crippen LogP contribution in [0.4, 0.5) is 5.69 Å². The second-order valence-electron chi connectivity index (χ2n) is 7.27. The van der Waals surface area contributed by atoms with Crippen molar-refractivity contribution in [2.75, 3.05) is 18.6 Å². The van der Waals surface area contributed by atoms with Crippen molar-refractivity contribution in [3.63, 3.8) is 0 Å². The Morgan fingerprint density at radius 1 is 1.13 bits per heavy atom. The zero-order valence-electron chi connectivity index (χ0n) is 16.8. The summed E-state index contributed by atoms with van der Waals surface area (Å²) in [4.78, 5) is 42.6. The van der Waals surface area contributed by atoms with Gasteiger partial charge in [0.05, 0.1) is 18.7 Å². The summed E-state index contributed by atoms with van der Waals surface area (Å²) in [7, 11) is 1.53. The predicted octanol–water partition coefficient (Wildman–Crippen LogP) is 3.34. The van der Waals surface area contributed by atoms with E-state index in [9.17, 15) is 14.4 Å². The van der Waals surface area contributed by atoms with Crippen LogP contribution in [0.5, 0.6) is 5.75 Å². The van der Waals surface area contributed by atoms with Crippen LogP contribution in [-0.4, -0.2) is 42.4 Å². The topological polar surface area (TPSA) is 88.7 Å². The van der Waals surface area contributed by atoms with Crippen molar-refractivity contribution >= 4 is 34.3 Å². The Balaban J connectivity index is 1.45. The number of H-pyrrole nitrogens is 1. The fourth-order valence-electron chi connectivity index (χ4n) is 3.77. The highest BCUT2D eigenvalue weighted by atomic mass is 16.5. The standard InChI is InChI=1S/C23H22N2O5/c1-14(22(27)17-12-24-18-8-4-3-7-16(17)18)30-23(28)15-11-21(26)25(13-15)19-9-5-6-10-20(19)29-2/h3-10,12,14-15,24H,11,13H2,1-2H3/t14-,15-/m1/s1. The molecule has 0 spiro atoms. The molecule has 1 aromatic heterocycles. The summed E-state index contributed by atoms with van der Waals surface area (Å²) in [6.45, 7) is 1.74. The van der Waals surface area contributed by atoms with Crippen LogP contribution in [0, 0.1) is 5.92 Å². The van der Waals surface area contributed by atoms with Crippen molar-refractivity contribution in [1.29, 1.82) is 0 Å². The van der Waals surface area contributed by atoms with Gasteiger partial charge < -0.3 is 19.4 Å². The van der Waals surface area contributed by atoms with E-state index in [2.05, 4.69) is 4.98 Å². The van der Waals surface area contributed by atoms with Gasteiger partial charge in [0.15, 0.2) is 6.10 Å². The van der Waals surface area contributed by atoms with Gasteiger partial charge in [-0.2, -0.15) is 0 Å². The Morgan fingerprint density at radius 2 is 1.87 bits per heavy atom. The molecule has 1 N–H and O–H groups in total. The van der Waals surface area contributed by atoms with Gasteiger partial charge in [-0.25, -0.2) is 0 Å². The monoisotopic (exact) mass is 406 g/mol. The van der Waals surface area contributed by atoms with Gasteiger partial charge in [0.25, 0.3) is 0 Å².